The molecule has 1 heterocycles. The zero-order chi connectivity index (χ0) is 16.5. The molecule has 0 spiro atoms. The van der Waals surface area contributed by atoms with E-state index in [1.54, 1.807) is 12.0 Å². The highest BCUT2D eigenvalue weighted by Gasteiger charge is 2.38. The number of nitrogens with one attached hydrogen (secondary N) is 1. The lowest BCUT2D eigenvalue weighted by molar-refractivity contribution is -0.907. The number of carbonyl (C=O) groups excluding carboxylic acids is 1. The molecule has 3 aliphatic rings. The molecule has 0 radical (unpaired) electrons. The van der Waals surface area contributed by atoms with E-state index in [2.05, 4.69) is 12.2 Å². The number of piperazine rings is 1. The van der Waals surface area contributed by atoms with Gasteiger partial charge in [0.05, 0.1) is 39.8 Å². The van der Waals surface area contributed by atoms with Crippen LogP contribution in [0.25, 0.3) is 0 Å². The standard InChI is InChI=1S/C20H26N2O2/c1-24-19-6-4-16(5-7-19)20(23)22-10-8-21(9-11-22)14-18-13-15-2-3-17(18)12-15/h2-7,15,17-18H,8-14H2,1H3/p+1/t15-,17-,18+/m0/s1. The molecule has 4 nitrogen and oxygen atoms in total. The second-order valence-corrected chi connectivity index (χ2v) is 7.52. The Morgan fingerprint density at radius 1 is 1.17 bits per heavy atom. The number of hydrogen-bond acceptors (Lipinski definition) is 2. The summed E-state index contributed by atoms with van der Waals surface area (Å²) in [6.45, 7) is 5.20. The van der Waals surface area contributed by atoms with Crippen molar-refractivity contribution in [3.05, 3.63) is 42.0 Å². The second-order valence-electron chi connectivity index (χ2n) is 7.52. The van der Waals surface area contributed by atoms with Crippen LogP contribution < -0.4 is 9.64 Å². The minimum atomic E-state index is 0.152. The van der Waals surface area contributed by atoms with Gasteiger partial charge in [0, 0.05) is 11.5 Å². The fraction of sp³-hybridized carbons (Fsp3) is 0.550. The maximum Gasteiger partial charge on any atom is 0.254 e. The lowest BCUT2D eigenvalue weighted by Gasteiger charge is -2.34. The SMILES string of the molecule is COc1ccc(C(=O)N2CC[NH+](C[C@H]3C[C@H]4C=C[C@H]3C4)CC2)cc1. The lowest BCUT2D eigenvalue weighted by Crippen LogP contribution is -3.15. The van der Waals surface area contributed by atoms with E-state index in [0.717, 1.165) is 55.2 Å². The van der Waals surface area contributed by atoms with E-state index in [9.17, 15) is 4.79 Å². The molecule has 1 aliphatic heterocycles. The van der Waals surface area contributed by atoms with Gasteiger partial charge in [0.2, 0.25) is 0 Å². The molecule has 3 atom stereocenters. The van der Waals surface area contributed by atoms with Gasteiger partial charge in [-0.15, -0.1) is 0 Å². The Bertz CT molecular complexity index is 617. The van der Waals surface area contributed by atoms with E-state index in [1.807, 2.05) is 29.2 Å². The van der Waals surface area contributed by atoms with Crippen LogP contribution in [0, 0.1) is 17.8 Å². The Balaban J connectivity index is 1.29. The van der Waals surface area contributed by atoms with Crippen LogP contribution in [-0.4, -0.2) is 50.6 Å². The van der Waals surface area contributed by atoms with Crippen LogP contribution in [0.5, 0.6) is 5.75 Å². The first-order valence-corrected chi connectivity index (χ1v) is 9.18. The van der Waals surface area contributed by atoms with E-state index in [0.29, 0.717) is 0 Å². The van der Waals surface area contributed by atoms with Crippen LogP contribution in [-0.2, 0) is 0 Å². The van der Waals surface area contributed by atoms with Gasteiger partial charge in [-0.25, -0.2) is 0 Å². The van der Waals surface area contributed by atoms with E-state index < -0.39 is 0 Å². The zero-order valence-corrected chi connectivity index (χ0v) is 14.4. The number of quaternary nitrogens is 1. The third-order valence-electron chi connectivity index (χ3n) is 6.06. The van der Waals surface area contributed by atoms with Gasteiger partial charge in [-0.3, -0.25) is 4.79 Å². The highest BCUT2D eigenvalue weighted by molar-refractivity contribution is 5.94. The van der Waals surface area contributed by atoms with Gasteiger partial charge < -0.3 is 14.5 Å². The molecular formula is C20H27N2O2+. The molecule has 4 rings (SSSR count). The number of methoxy groups -OCH3 is 1. The number of allylic oxidation sites excluding steroid dienone is 2. The van der Waals surface area contributed by atoms with E-state index in [-0.39, 0.29) is 5.91 Å². The molecule has 1 amide bonds. The maximum absolute atomic E-state index is 12.6. The highest BCUT2D eigenvalue weighted by atomic mass is 16.5. The number of nitrogens with zero attached hydrogens (tertiary/aromatic N) is 1. The van der Waals surface area contributed by atoms with Crippen molar-refractivity contribution in [3.8, 4) is 5.75 Å². The van der Waals surface area contributed by atoms with Gasteiger partial charge in [-0.05, 0) is 48.9 Å². The molecule has 0 unspecified atom stereocenters. The summed E-state index contributed by atoms with van der Waals surface area (Å²) in [4.78, 5) is 16.3. The summed E-state index contributed by atoms with van der Waals surface area (Å²) in [5.74, 6) is 3.51. The molecule has 24 heavy (non-hydrogen) atoms. The summed E-state index contributed by atoms with van der Waals surface area (Å²) in [5.41, 5.74) is 0.762. The second kappa shape index (κ2) is 6.60. The number of rotatable bonds is 4. The van der Waals surface area contributed by atoms with Gasteiger partial charge >= 0.3 is 0 Å². The summed E-state index contributed by atoms with van der Waals surface area (Å²) >= 11 is 0. The Kier molecular flexibility index (Phi) is 4.31. The Labute approximate surface area is 144 Å². The Hall–Kier alpha value is -1.81. The summed E-state index contributed by atoms with van der Waals surface area (Å²) in [5, 5.41) is 0. The first-order valence-electron chi connectivity index (χ1n) is 9.18. The van der Waals surface area contributed by atoms with Crippen molar-refractivity contribution in [3.63, 3.8) is 0 Å². The lowest BCUT2D eigenvalue weighted by atomic mass is 9.93. The molecule has 1 saturated heterocycles. The van der Waals surface area contributed by atoms with Crippen LogP contribution in [0.4, 0.5) is 0 Å². The minimum absolute atomic E-state index is 0.152. The Morgan fingerprint density at radius 2 is 1.92 bits per heavy atom. The summed E-state index contributed by atoms with van der Waals surface area (Å²) < 4.78 is 5.16. The van der Waals surface area contributed by atoms with Crippen molar-refractivity contribution in [2.75, 3.05) is 39.8 Å². The number of ether oxygens (including phenoxy) is 1. The fourth-order valence-electron chi connectivity index (χ4n) is 4.65. The predicted molar refractivity (Wildman–Crippen MR) is 93.3 cm³/mol. The van der Waals surface area contributed by atoms with Crippen molar-refractivity contribution in [2.24, 2.45) is 17.8 Å². The molecule has 1 aromatic carbocycles. The van der Waals surface area contributed by atoms with Crippen LogP contribution in [0.15, 0.2) is 36.4 Å². The van der Waals surface area contributed by atoms with Crippen molar-refractivity contribution in [1.82, 2.24) is 4.90 Å². The molecule has 128 valence electrons. The smallest absolute Gasteiger partial charge is 0.254 e. The predicted octanol–water partition coefficient (Wildman–Crippen LogP) is 1.25. The third-order valence-corrected chi connectivity index (χ3v) is 6.06. The molecule has 1 aromatic rings. The topological polar surface area (TPSA) is 34.0 Å². The van der Waals surface area contributed by atoms with Crippen molar-refractivity contribution in [1.29, 1.82) is 0 Å². The van der Waals surface area contributed by atoms with Crippen molar-refractivity contribution < 1.29 is 14.4 Å². The molecule has 1 saturated carbocycles. The Morgan fingerprint density at radius 3 is 2.50 bits per heavy atom. The van der Waals surface area contributed by atoms with Gasteiger partial charge in [0.15, 0.2) is 0 Å². The van der Waals surface area contributed by atoms with Crippen molar-refractivity contribution in [2.45, 2.75) is 12.8 Å². The first-order chi connectivity index (χ1) is 11.7. The van der Waals surface area contributed by atoms with Gasteiger partial charge in [-0.2, -0.15) is 0 Å². The van der Waals surface area contributed by atoms with Gasteiger partial charge in [0.25, 0.3) is 5.91 Å². The third kappa shape index (κ3) is 3.07. The van der Waals surface area contributed by atoms with E-state index >= 15 is 0 Å². The number of amides is 1. The molecule has 2 fully saturated rings. The number of fused-ring (bicyclic) bond motifs is 2. The molecule has 2 aliphatic carbocycles. The molecule has 0 aromatic heterocycles. The molecule has 1 N–H and O–H groups in total. The summed E-state index contributed by atoms with van der Waals surface area (Å²) in [6, 6.07) is 7.44. The van der Waals surface area contributed by atoms with Crippen LogP contribution in [0.3, 0.4) is 0 Å². The van der Waals surface area contributed by atoms with Crippen LogP contribution in [0.1, 0.15) is 23.2 Å². The quantitative estimate of drug-likeness (QED) is 0.845. The monoisotopic (exact) mass is 327 g/mol. The minimum Gasteiger partial charge on any atom is -0.497 e. The normalized spacial score (nSPS) is 29.2. The van der Waals surface area contributed by atoms with Gasteiger partial charge in [0.1, 0.15) is 5.75 Å². The van der Waals surface area contributed by atoms with Gasteiger partial charge in [-0.1, -0.05) is 12.2 Å². The number of hydrogen-bond donors (Lipinski definition) is 1. The van der Waals surface area contributed by atoms with E-state index in [4.69, 9.17) is 4.74 Å². The largest absolute Gasteiger partial charge is 0.497 e. The average Bonchev–Trinajstić information content (AvgIpc) is 3.25. The van der Waals surface area contributed by atoms with Crippen LogP contribution in [0.2, 0.25) is 0 Å². The first kappa shape index (κ1) is 15.7. The number of carbonyl (C=O) groups is 1. The summed E-state index contributed by atoms with van der Waals surface area (Å²) in [7, 11) is 1.64. The maximum atomic E-state index is 12.6. The molecule has 4 heteroatoms. The molecular weight excluding hydrogens is 300 g/mol. The number of benzene rings is 1. The molecule has 2 bridgehead atoms. The zero-order valence-electron chi connectivity index (χ0n) is 14.4. The van der Waals surface area contributed by atoms with Crippen LogP contribution >= 0.6 is 0 Å². The van der Waals surface area contributed by atoms with Crippen molar-refractivity contribution >= 4 is 5.91 Å². The van der Waals surface area contributed by atoms with E-state index in [1.165, 1.54) is 19.4 Å². The average molecular weight is 327 g/mol. The fourth-order valence-corrected chi connectivity index (χ4v) is 4.65. The highest BCUT2D eigenvalue weighted by Crippen LogP contribution is 2.42. The summed E-state index contributed by atoms with van der Waals surface area (Å²) in [6.07, 6.45) is 7.64.